The maximum atomic E-state index is 13.6. The molecule has 1 atom stereocenters. The van der Waals surface area contributed by atoms with Crippen LogP contribution in [0.1, 0.15) is 24.1 Å². The van der Waals surface area contributed by atoms with E-state index in [0.29, 0.717) is 0 Å². The van der Waals surface area contributed by atoms with E-state index in [2.05, 4.69) is 4.74 Å². The number of rotatable bonds is 2. The molecule has 0 amide bonds. The summed E-state index contributed by atoms with van der Waals surface area (Å²) in [6.07, 6.45) is -4.81. The van der Waals surface area contributed by atoms with Crippen molar-refractivity contribution in [2.24, 2.45) is 5.73 Å². The van der Waals surface area contributed by atoms with Gasteiger partial charge in [0.25, 0.3) is 0 Å². The number of alkyl halides is 3. The summed E-state index contributed by atoms with van der Waals surface area (Å²) in [5, 5.41) is 0. The molecule has 0 bridgehead atoms. The Labute approximate surface area is 102 Å². The molecule has 0 aliphatic carbocycles. The lowest BCUT2D eigenvalue weighted by Crippen LogP contribution is -2.15. The normalized spacial score (nSPS) is 12.9. The molecule has 0 aliphatic heterocycles. The van der Waals surface area contributed by atoms with E-state index in [0.717, 1.165) is 13.2 Å². The second-order valence-corrected chi connectivity index (χ2v) is 3.33. The van der Waals surface area contributed by atoms with Crippen molar-refractivity contribution in [1.29, 1.82) is 0 Å². The second kappa shape index (κ2) is 5.55. The first kappa shape index (κ1) is 16.0. The zero-order chi connectivity index (χ0) is 12.5. The molecule has 0 aromatic heterocycles. The summed E-state index contributed by atoms with van der Waals surface area (Å²) in [5.41, 5.74) is 3.77. The van der Waals surface area contributed by atoms with Gasteiger partial charge in [-0.15, -0.1) is 12.4 Å². The molecule has 98 valence electrons. The van der Waals surface area contributed by atoms with Crippen molar-refractivity contribution < 1.29 is 22.3 Å². The van der Waals surface area contributed by atoms with Crippen molar-refractivity contribution in [2.75, 3.05) is 7.11 Å². The van der Waals surface area contributed by atoms with E-state index in [-0.39, 0.29) is 18.0 Å². The van der Waals surface area contributed by atoms with E-state index in [1.54, 1.807) is 0 Å². The highest BCUT2D eigenvalue weighted by Gasteiger charge is 2.39. The van der Waals surface area contributed by atoms with Gasteiger partial charge in [0.05, 0.1) is 7.11 Å². The maximum Gasteiger partial charge on any atom is 0.422 e. The maximum absolute atomic E-state index is 13.6. The molecule has 1 aromatic rings. The van der Waals surface area contributed by atoms with Crippen molar-refractivity contribution in [2.45, 2.75) is 19.1 Å². The number of hydrogen-bond donors (Lipinski definition) is 1. The average molecular weight is 274 g/mol. The van der Waals surface area contributed by atoms with Crippen molar-refractivity contribution in [1.82, 2.24) is 0 Å². The average Bonchev–Trinajstić information content (AvgIpc) is 2.14. The number of nitrogens with two attached hydrogens (primary N) is 1. The molecule has 7 heteroatoms. The van der Waals surface area contributed by atoms with Crippen molar-refractivity contribution in [3.05, 3.63) is 29.1 Å². The van der Waals surface area contributed by atoms with Crippen LogP contribution in [0.25, 0.3) is 0 Å². The predicted molar refractivity (Wildman–Crippen MR) is 57.8 cm³/mol. The van der Waals surface area contributed by atoms with Gasteiger partial charge in [-0.1, -0.05) is 6.07 Å². The molecule has 0 saturated carbocycles. The molecule has 1 aromatic carbocycles. The van der Waals surface area contributed by atoms with Crippen LogP contribution < -0.4 is 10.5 Å². The fourth-order valence-electron chi connectivity index (χ4n) is 1.36. The van der Waals surface area contributed by atoms with E-state index >= 15 is 0 Å². The number of benzene rings is 1. The Balaban J connectivity index is 0.00000256. The van der Waals surface area contributed by atoms with E-state index in [4.69, 9.17) is 5.73 Å². The number of halogens is 5. The largest absolute Gasteiger partial charge is 0.496 e. The van der Waals surface area contributed by atoms with Gasteiger partial charge in [0.1, 0.15) is 17.1 Å². The summed E-state index contributed by atoms with van der Waals surface area (Å²) < 4.78 is 55.8. The first-order chi connectivity index (χ1) is 7.29. The third-order valence-corrected chi connectivity index (χ3v) is 2.13. The highest BCUT2D eigenvalue weighted by atomic mass is 35.5. The number of ether oxygens (including phenoxy) is 1. The number of methoxy groups -OCH3 is 1. The van der Waals surface area contributed by atoms with Crippen LogP contribution in [0.5, 0.6) is 5.75 Å². The molecule has 0 heterocycles. The summed E-state index contributed by atoms with van der Waals surface area (Å²) in [6.45, 7) is 1.41. The molecule has 2 N–H and O–H groups in total. The molecule has 0 radical (unpaired) electrons. The zero-order valence-corrected chi connectivity index (χ0v) is 9.95. The van der Waals surface area contributed by atoms with E-state index in [9.17, 15) is 17.6 Å². The molecular weight excluding hydrogens is 262 g/mol. The zero-order valence-electron chi connectivity index (χ0n) is 9.14. The third kappa shape index (κ3) is 3.23. The molecule has 17 heavy (non-hydrogen) atoms. The van der Waals surface area contributed by atoms with E-state index in [1.807, 2.05) is 0 Å². The highest BCUT2D eigenvalue weighted by molar-refractivity contribution is 5.85. The minimum atomic E-state index is -4.81. The minimum Gasteiger partial charge on any atom is -0.496 e. The molecule has 0 spiro atoms. The SMILES string of the molecule is COc1ccc(C(C)N)c(F)c1C(F)(F)F.Cl. The van der Waals surface area contributed by atoms with Gasteiger partial charge in [0, 0.05) is 11.6 Å². The molecule has 0 fully saturated rings. The Morgan fingerprint density at radius 1 is 1.29 bits per heavy atom. The van der Waals surface area contributed by atoms with E-state index in [1.165, 1.54) is 13.0 Å². The first-order valence-corrected chi connectivity index (χ1v) is 4.48. The Kier molecular flexibility index (Phi) is 5.22. The van der Waals surface area contributed by atoms with E-state index < -0.39 is 29.3 Å². The fourth-order valence-corrected chi connectivity index (χ4v) is 1.36. The van der Waals surface area contributed by atoms with Gasteiger partial charge in [0.2, 0.25) is 0 Å². The van der Waals surface area contributed by atoms with Crippen molar-refractivity contribution in [3.63, 3.8) is 0 Å². The topological polar surface area (TPSA) is 35.2 Å². The second-order valence-electron chi connectivity index (χ2n) is 3.33. The van der Waals surface area contributed by atoms with Gasteiger partial charge in [-0.25, -0.2) is 4.39 Å². The third-order valence-electron chi connectivity index (χ3n) is 2.13. The van der Waals surface area contributed by atoms with Crippen LogP contribution >= 0.6 is 12.4 Å². The van der Waals surface area contributed by atoms with Gasteiger partial charge in [-0.05, 0) is 13.0 Å². The van der Waals surface area contributed by atoms with Crippen LogP contribution in [-0.4, -0.2) is 7.11 Å². The molecule has 1 rings (SSSR count). The Morgan fingerprint density at radius 3 is 2.18 bits per heavy atom. The minimum absolute atomic E-state index is 0. The fraction of sp³-hybridized carbons (Fsp3) is 0.400. The van der Waals surface area contributed by atoms with Crippen molar-refractivity contribution >= 4 is 12.4 Å². The van der Waals surface area contributed by atoms with Gasteiger partial charge < -0.3 is 10.5 Å². The predicted octanol–water partition coefficient (Wildman–Crippen LogP) is 3.29. The smallest absolute Gasteiger partial charge is 0.422 e. The molecule has 1 unspecified atom stereocenters. The van der Waals surface area contributed by atoms with Gasteiger partial charge >= 0.3 is 6.18 Å². The summed E-state index contributed by atoms with van der Waals surface area (Å²) >= 11 is 0. The highest BCUT2D eigenvalue weighted by Crippen LogP contribution is 2.39. The first-order valence-electron chi connectivity index (χ1n) is 4.48. The van der Waals surface area contributed by atoms with Crippen LogP contribution in [0.3, 0.4) is 0 Å². The van der Waals surface area contributed by atoms with Crippen LogP contribution in [0.2, 0.25) is 0 Å². The monoisotopic (exact) mass is 273 g/mol. The number of hydrogen-bond acceptors (Lipinski definition) is 2. The Bertz CT molecular complexity index is 393. The molecule has 0 saturated heterocycles. The lowest BCUT2D eigenvalue weighted by Gasteiger charge is -2.16. The molecule has 2 nitrogen and oxygen atoms in total. The molecular formula is C10H12ClF4NO. The van der Waals surface area contributed by atoms with Gasteiger partial charge in [-0.3, -0.25) is 0 Å². The van der Waals surface area contributed by atoms with Crippen LogP contribution in [-0.2, 0) is 6.18 Å². The Morgan fingerprint density at radius 2 is 1.82 bits per heavy atom. The van der Waals surface area contributed by atoms with Gasteiger partial charge in [-0.2, -0.15) is 13.2 Å². The summed E-state index contributed by atoms with van der Waals surface area (Å²) in [6, 6.07) is 1.44. The summed E-state index contributed by atoms with van der Waals surface area (Å²) in [4.78, 5) is 0. The van der Waals surface area contributed by atoms with Crippen LogP contribution in [0.15, 0.2) is 12.1 Å². The van der Waals surface area contributed by atoms with Crippen molar-refractivity contribution in [3.8, 4) is 5.75 Å². The molecule has 0 aliphatic rings. The van der Waals surface area contributed by atoms with Crippen LogP contribution in [0.4, 0.5) is 17.6 Å². The van der Waals surface area contributed by atoms with Gasteiger partial charge in [0.15, 0.2) is 0 Å². The quantitative estimate of drug-likeness (QED) is 0.839. The lowest BCUT2D eigenvalue weighted by molar-refractivity contribution is -0.141. The summed E-state index contributed by atoms with van der Waals surface area (Å²) in [7, 11) is 1.05. The van der Waals surface area contributed by atoms with Crippen LogP contribution in [0, 0.1) is 5.82 Å². The standard InChI is InChI=1S/C10H11F4NO.ClH/c1-5(15)6-3-4-7(16-2)8(9(6)11)10(12,13)14;/h3-5H,15H2,1-2H3;1H. The lowest BCUT2D eigenvalue weighted by atomic mass is 10.0. The summed E-state index contributed by atoms with van der Waals surface area (Å²) in [5.74, 6) is -1.92. The Hall–Kier alpha value is -1.01.